The molecule has 1 atom stereocenters. The van der Waals surface area contributed by atoms with E-state index in [2.05, 4.69) is 23.9 Å². The Kier molecular flexibility index (Phi) is 6.16. The van der Waals surface area contributed by atoms with E-state index < -0.39 is 11.7 Å². The number of nitrogens with zero attached hydrogens (tertiary/aromatic N) is 3. The summed E-state index contributed by atoms with van der Waals surface area (Å²) in [4.78, 5) is 15.7. The molecule has 28 heavy (non-hydrogen) atoms. The monoisotopic (exact) mass is 382 g/mol. The van der Waals surface area contributed by atoms with Crippen molar-refractivity contribution in [2.45, 2.75) is 26.9 Å². The molecule has 3 rings (SSSR count). The van der Waals surface area contributed by atoms with E-state index in [1.54, 1.807) is 18.2 Å². The predicted octanol–water partition coefficient (Wildman–Crippen LogP) is 3.74. The van der Waals surface area contributed by atoms with Crippen molar-refractivity contribution >= 4 is 5.91 Å². The fourth-order valence-corrected chi connectivity index (χ4v) is 2.69. The van der Waals surface area contributed by atoms with E-state index in [4.69, 9.17) is 10.5 Å². The maximum Gasteiger partial charge on any atom is 0.288 e. The number of halogens is 1. The lowest BCUT2D eigenvalue weighted by molar-refractivity contribution is 0.0910. The van der Waals surface area contributed by atoms with Gasteiger partial charge in [-0.3, -0.25) is 4.79 Å². The molecule has 146 valence electrons. The molecule has 2 aromatic carbocycles. The first-order valence-electron chi connectivity index (χ1n) is 9.18. The number of hydrogen-bond donors (Lipinski definition) is 1. The molecule has 2 N–H and O–H groups in total. The summed E-state index contributed by atoms with van der Waals surface area (Å²) in [5.74, 6) is -0.699. The third kappa shape index (κ3) is 4.43. The molecule has 0 saturated carbocycles. The number of hydrogen-bond acceptors (Lipinski definition) is 4. The molecule has 1 amide bonds. The standard InChI is InChI=1S/C21H23FN4O2/c1-3-14(2)12-28-13-15-7-6-8-16(11-15)26-21(24-20(25-26)19(23)27)17-9-4-5-10-18(17)22/h4-11,14H,3,12-13H2,1-2H3,(H2,23,27). The number of amides is 1. The summed E-state index contributed by atoms with van der Waals surface area (Å²) in [5.41, 5.74) is 7.16. The molecule has 0 spiro atoms. The second kappa shape index (κ2) is 8.75. The van der Waals surface area contributed by atoms with Crippen LogP contribution in [0.25, 0.3) is 17.1 Å². The molecule has 0 radical (unpaired) electrons. The highest BCUT2D eigenvalue weighted by Gasteiger charge is 2.19. The summed E-state index contributed by atoms with van der Waals surface area (Å²) < 4.78 is 21.5. The zero-order valence-electron chi connectivity index (χ0n) is 15.9. The lowest BCUT2D eigenvalue weighted by Gasteiger charge is -2.11. The minimum absolute atomic E-state index is 0.170. The van der Waals surface area contributed by atoms with Crippen molar-refractivity contribution in [1.82, 2.24) is 14.8 Å². The van der Waals surface area contributed by atoms with Crippen LogP contribution in [0.15, 0.2) is 48.5 Å². The van der Waals surface area contributed by atoms with Gasteiger partial charge < -0.3 is 10.5 Å². The van der Waals surface area contributed by atoms with Crippen LogP contribution in [0.4, 0.5) is 4.39 Å². The first-order chi connectivity index (χ1) is 13.5. The van der Waals surface area contributed by atoms with E-state index in [-0.39, 0.29) is 17.2 Å². The van der Waals surface area contributed by atoms with Gasteiger partial charge in [0.25, 0.3) is 5.91 Å². The van der Waals surface area contributed by atoms with Crippen molar-refractivity contribution in [3.63, 3.8) is 0 Å². The third-order valence-corrected chi connectivity index (χ3v) is 4.47. The molecule has 1 aromatic heterocycles. The minimum Gasteiger partial charge on any atom is -0.376 e. The number of aromatic nitrogens is 3. The summed E-state index contributed by atoms with van der Waals surface area (Å²) in [7, 11) is 0. The maximum atomic E-state index is 14.3. The van der Waals surface area contributed by atoms with Gasteiger partial charge in [0.2, 0.25) is 5.82 Å². The zero-order chi connectivity index (χ0) is 20.1. The molecule has 0 fully saturated rings. The van der Waals surface area contributed by atoms with Crippen LogP contribution < -0.4 is 5.73 Å². The van der Waals surface area contributed by atoms with Crippen LogP contribution in [0.3, 0.4) is 0 Å². The molecule has 3 aromatic rings. The fourth-order valence-electron chi connectivity index (χ4n) is 2.69. The molecule has 0 bridgehead atoms. The molecule has 0 aliphatic heterocycles. The van der Waals surface area contributed by atoms with Gasteiger partial charge in [0.1, 0.15) is 5.82 Å². The van der Waals surface area contributed by atoms with Gasteiger partial charge in [-0.25, -0.2) is 14.1 Å². The Morgan fingerprint density at radius 3 is 2.75 bits per heavy atom. The Balaban J connectivity index is 1.96. The van der Waals surface area contributed by atoms with Gasteiger partial charge in [0.15, 0.2) is 5.82 Å². The quantitative estimate of drug-likeness (QED) is 0.643. The molecular formula is C21H23FN4O2. The topological polar surface area (TPSA) is 83.0 Å². The van der Waals surface area contributed by atoms with Gasteiger partial charge in [0, 0.05) is 6.61 Å². The van der Waals surface area contributed by atoms with Gasteiger partial charge >= 0.3 is 0 Å². The van der Waals surface area contributed by atoms with Gasteiger partial charge in [-0.15, -0.1) is 5.10 Å². The second-order valence-electron chi connectivity index (χ2n) is 6.71. The first kappa shape index (κ1) is 19.7. The number of rotatable bonds is 8. The molecule has 0 aliphatic rings. The number of carbonyl (C=O) groups is 1. The number of primary amides is 1. The smallest absolute Gasteiger partial charge is 0.288 e. The minimum atomic E-state index is -0.774. The van der Waals surface area contributed by atoms with Crippen LogP contribution in [0, 0.1) is 11.7 Å². The number of carbonyl (C=O) groups excluding carboxylic acids is 1. The summed E-state index contributed by atoms with van der Waals surface area (Å²) >= 11 is 0. The van der Waals surface area contributed by atoms with Crippen LogP contribution in [-0.2, 0) is 11.3 Å². The van der Waals surface area contributed by atoms with Crippen LogP contribution in [0.5, 0.6) is 0 Å². The summed E-state index contributed by atoms with van der Waals surface area (Å²) in [6.45, 7) is 5.39. The Bertz CT molecular complexity index is 971. The highest BCUT2D eigenvalue weighted by molar-refractivity contribution is 5.89. The van der Waals surface area contributed by atoms with Crippen LogP contribution in [-0.4, -0.2) is 27.3 Å². The third-order valence-electron chi connectivity index (χ3n) is 4.47. The van der Waals surface area contributed by atoms with E-state index in [1.165, 1.54) is 10.7 Å². The molecule has 7 heteroatoms. The Labute approximate surface area is 163 Å². The lowest BCUT2D eigenvalue weighted by Crippen LogP contribution is -2.13. The number of ether oxygens (including phenoxy) is 1. The van der Waals surface area contributed by atoms with Crippen molar-refractivity contribution in [2.75, 3.05) is 6.61 Å². The molecular weight excluding hydrogens is 359 g/mol. The van der Waals surface area contributed by atoms with E-state index >= 15 is 0 Å². The Morgan fingerprint density at radius 1 is 1.25 bits per heavy atom. The van der Waals surface area contributed by atoms with E-state index in [0.29, 0.717) is 24.8 Å². The highest BCUT2D eigenvalue weighted by Crippen LogP contribution is 2.24. The first-order valence-corrected chi connectivity index (χ1v) is 9.18. The number of nitrogens with two attached hydrogens (primary N) is 1. The molecule has 0 aliphatic carbocycles. The lowest BCUT2D eigenvalue weighted by atomic mass is 10.1. The van der Waals surface area contributed by atoms with E-state index in [0.717, 1.165) is 12.0 Å². The fraction of sp³-hybridized carbons (Fsp3) is 0.286. The molecule has 6 nitrogen and oxygen atoms in total. The Hall–Kier alpha value is -3.06. The predicted molar refractivity (Wildman–Crippen MR) is 104 cm³/mol. The van der Waals surface area contributed by atoms with Crippen molar-refractivity contribution in [3.05, 3.63) is 65.7 Å². The molecule has 1 unspecified atom stereocenters. The van der Waals surface area contributed by atoms with Crippen molar-refractivity contribution < 1.29 is 13.9 Å². The van der Waals surface area contributed by atoms with Gasteiger partial charge in [-0.1, -0.05) is 44.5 Å². The van der Waals surface area contributed by atoms with Gasteiger partial charge in [-0.05, 0) is 35.7 Å². The maximum absolute atomic E-state index is 14.3. The second-order valence-corrected chi connectivity index (χ2v) is 6.71. The number of benzene rings is 2. The van der Waals surface area contributed by atoms with Gasteiger partial charge in [0.05, 0.1) is 17.9 Å². The van der Waals surface area contributed by atoms with Gasteiger partial charge in [-0.2, -0.15) is 0 Å². The highest BCUT2D eigenvalue weighted by atomic mass is 19.1. The van der Waals surface area contributed by atoms with E-state index in [9.17, 15) is 9.18 Å². The summed E-state index contributed by atoms with van der Waals surface area (Å²) in [6, 6.07) is 13.7. The SMILES string of the molecule is CCC(C)COCc1cccc(-n2nc(C(N)=O)nc2-c2ccccc2F)c1. The van der Waals surface area contributed by atoms with Crippen molar-refractivity contribution in [3.8, 4) is 17.1 Å². The van der Waals surface area contributed by atoms with E-state index in [1.807, 2.05) is 24.3 Å². The zero-order valence-corrected chi connectivity index (χ0v) is 15.9. The normalized spacial score (nSPS) is 12.1. The molecule has 1 heterocycles. The molecule has 0 saturated heterocycles. The summed E-state index contributed by atoms with van der Waals surface area (Å²) in [5, 5.41) is 4.18. The largest absolute Gasteiger partial charge is 0.376 e. The van der Waals surface area contributed by atoms with Crippen LogP contribution >= 0.6 is 0 Å². The van der Waals surface area contributed by atoms with Crippen molar-refractivity contribution in [2.24, 2.45) is 11.7 Å². The average Bonchev–Trinajstić information content (AvgIpc) is 3.14. The van der Waals surface area contributed by atoms with Crippen molar-refractivity contribution in [1.29, 1.82) is 0 Å². The average molecular weight is 382 g/mol. The summed E-state index contributed by atoms with van der Waals surface area (Å²) in [6.07, 6.45) is 1.06. The van der Waals surface area contributed by atoms with Crippen LogP contribution in [0.1, 0.15) is 36.5 Å². The van der Waals surface area contributed by atoms with Crippen LogP contribution in [0.2, 0.25) is 0 Å². The Morgan fingerprint density at radius 2 is 2.04 bits per heavy atom.